The molecule has 0 N–H and O–H groups in total. The molecule has 1 aromatic rings. The Kier molecular flexibility index (Phi) is 3.84. The standard InChI is InChI=1S/C11H9NO3S3/c1-6-2-3-7(17-6)4-8-10(15)12(5-9(13)14)11(16)18-8/h2-4H,5H2,1H3,(H,13,14)/p-1/b8-4-. The highest BCUT2D eigenvalue weighted by molar-refractivity contribution is 8.26. The SMILES string of the molecule is Cc1ccc(/C=C2\SC(=S)N(CC(=O)[O-])C2=O)s1. The third-order valence-electron chi connectivity index (χ3n) is 2.20. The van der Waals surface area contributed by atoms with Gasteiger partial charge >= 0.3 is 0 Å². The van der Waals surface area contributed by atoms with Gasteiger partial charge < -0.3 is 9.90 Å². The number of thiocarbonyl (C=S) groups is 1. The van der Waals surface area contributed by atoms with Gasteiger partial charge in [0.2, 0.25) is 0 Å². The number of amides is 1. The molecule has 4 nitrogen and oxygen atoms in total. The van der Waals surface area contributed by atoms with Crippen LogP contribution in [0.4, 0.5) is 0 Å². The first-order valence-electron chi connectivity index (χ1n) is 4.99. The van der Waals surface area contributed by atoms with Crippen molar-refractivity contribution >= 4 is 57.6 Å². The normalized spacial score (nSPS) is 17.8. The summed E-state index contributed by atoms with van der Waals surface area (Å²) in [5.41, 5.74) is 0. The van der Waals surface area contributed by atoms with Gasteiger partial charge in [-0.3, -0.25) is 9.69 Å². The van der Waals surface area contributed by atoms with Gasteiger partial charge in [-0.25, -0.2) is 0 Å². The maximum absolute atomic E-state index is 11.9. The summed E-state index contributed by atoms with van der Waals surface area (Å²) < 4.78 is 0.253. The molecule has 1 saturated heterocycles. The minimum atomic E-state index is -1.32. The van der Waals surface area contributed by atoms with Gasteiger partial charge in [-0.15, -0.1) is 11.3 Å². The van der Waals surface area contributed by atoms with Gasteiger partial charge in [0.25, 0.3) is 5.91 Å². The van der Waals surface area contributed by atoms with E-state index in [0.717, 1.165) is 26.4 Å². The largest absolute Gasteiger partial charge is 0.548 e. The molecule has 1 aliphatic heterocycles. The Bertz CT molecular complexity index is 562. The van der Waals surface area contributed by atoms with Crippen molar-refractivity contribution in [3.05, 3.63) is 26.8 Å². The van der Waals surface area contributed by atoms with Gasteiger partial charge in [0, 0.05) is 9.75 Å². The van der Waals surface area contributed by atoms with Gasteiger partial charge in [0.1, 0.15) is 4.32 Å². The molecule has 1 fully saturated rings. The molecule has 1 aromatic heterocycles. The number of hydrogen-bond acceptors (Lipinski definition) is 6. The van der Waals surface area contributed by atoms with E-state index >= 15 is 0 Å². The topological polar surface area (TPSA) is 60.4 Å². The molecule has 2 heterocycles. The molecule has 0 radical (unpaired) electrons. The van der Waals surface area contributed by atoms with Crippen molar-refractivity contribution in [2.75, 3.05) is 6.54 Å². The molecule has 0 atom stereocenters. The summed E-state index contributed by atoms with van der Waals surface area (Å²) in [6.07, 6.45) is 1.73. The Morgan fingerprint density at radius 2 is 2.28 bits per heavy atom. The Hall–Kier alpha value is -1.18. The molecule has 0 spiro atoms. The fraction of sp³-hybridized carbons (Fsp3) is 0.182. The minimum Gasteiger partial charge on any atom is -0.548 e. The van der Waals surface area contributed by atoms with E-state index < -0.39 is 12.5 Å². The third kappa shape index (κ3) is 2.80. The summed E-state index contributed by atoms with van der Waals surface area (Å²) in [4.78, 5) is 26.0. The van der Waals surface area contributed by atoms with E-state index in [1.165, 1.54) is 0 Å². The highest BCUT2D eigenvalue weighted by atomic mass is 32.2. The van der Waals surface area contributed by atoms with E-state index in [9.17, 15) is 14.7 Å². The van der Waals surface area contributed by atoms with Crippen molar-refractivity contribution in [3.8, 4) is 0 Å². The van der Waals surface area contributed by atoms with Gasteiger partial charge in [-0.05, 0) is 25.1 Å². The highest BCUT2D eigenvalue weighted by Crippen LogP contribution is 2.33. The van der Waals surface area contributed by atoms with Crippen LogP contribution in [0.1, 0.15) is 9.75 Å². The van der Waals surface area contributed by atoms with E-state index in [-0.39, 0.29) is 10.2 Å². The number of aliphatic carboxylic acids is 1. The Labute approximate surface area is 117 Å². The fourth-order valence-corrected chi connectivity index (χ4v) is 3.57. The van der Waals surface area contributed by atoms with E-state index in [2.05, 4.69) is 0 Å². The molecular weight excluding hydrogens is 290 g/mol. The van der Waals surface area contributed by atoms with Gasteiger partial charge in [-0.2, -0.15) is 0 Å². The number of hydrogen-bond donors (Lipinski definition) is 0. The van der Waals surface area contributed by atoms with Crippen molar-refractivity contribution in [2.45, 2.75) is 6.92 Å². The Morgan fingerprint density at radius 3 is 2.83 bits per heavy atom. The molecule has 0 bridgehead atoms. The lowest BCUT2D eigenvalue weighted by molar-refractivity contribution is -0.305. The maximum Gasteiger partial charge on any atom is 0.266 e. The second-order valence-corrected chi connectivity index (χ2v) is 6.58. The number of carboxylic acids is 1. The Balaban J connectivity index is 2.22. The zero-order valence-electron chi connectivity index (χ0n) is 9.34. The first kappa shape index (κ1) is 13.3. The van der Waals surface area contributed by atoms with E-state index in [1.54, 1.807) is 17.4 Å². The van der Waals surface area contributed by atoms with Crippen LogP contribution in [0.3, 0.4) is 0 Å². The van der Waals surface area contributed by atoms with Crippen molar-refractivity contribution in [2.24, 2.45) is 0 Å². The average molecular weight is 298 g/mol. The number of rotatable bonds is 3. The van der Waals surface area contributed by atoms with E-state index in [0.29, 0.717) is 4.91 Å². The molecule has 0 aromatic carbocycles. The molecule has 0 aliphatic carbocycles. The molecule has 0 unspecified atom stereocenters. The quantitative estimate of drug-likeness (QED) is 0.615. The average Bonchev–Trinajstić information content (AvgIpc) is 2.78. The molecule has 18 heavy (non-hydrogen) atoms. The first-order valence-corrected chi connectivity index (χ1v) is 7.03. The molecule has 94 valence electrons. The molecular formula is C11H8NO3S3-. The van der Waals surface area contributed by atoms with Crippen LogP contribution in [-0.2, 0) is 9.59 Å². The zero-order chi connectivity index (χ0) is 13.3. The van der Waals surface area contributed by atoms with E-state index in [1.807, 2.05) is 19.1 Å². The van der Waals surface area contributed by atoms with Crippen LogP contribution in [0.25, 0.3) is 6.08 Å². The first-order chi connectivity index (χ1) is 8.47. The molecule has 2 rings (SSSR count). The van der Waals surface area contributed by atoms with Crippen LogP contribution >= 0.6 is 35.3 Å². The predicted octanol–water partition coefficient (Wildman–Crippen LogP) is 1.01. The number of thioether (sulfide) groups is 1. The number of aryl methyl sites for hydroxylation is 1. The van der Waals surface area contributed by atoms with Gasteiger partial charge in [-0.1, -0.05) is 24.0 Å². The lowest BCUT2D eigenvalue weighted by Gasteiger charge is -2.14. The maximum atomic E-state index is 11.9. The van der Waals surface area contributed by atoms with Crippen LogP contribution in [0.15, 0.2) is 17.0 Å². The number of carbonyl (C=O) groups is 2. The third-order valence-corrected chi connectivity index (χ3v) is 4.52. The van der Waals surface area contributed by atoms with Crippen LogP contribution in [0.2, 0.25) is 0 Å². The minimum absolute atomic E-state index is 0.253. The van der Waals surface area contributed by atoms with E-state index in [4.69, 9.17) is 12.2 Å². The van der Waals surface area contributed by atoms with Crippen LogP contribution in [0.5, 0.6) is 0 Å². The zero-order valence-corrected chi connectivity index (χ0v) is 11.8. The molecule has 1 amide bonds. The Morgan fingerprint density at radius 1 is 1.56 bits per heavy atom. The summed E-state index contributed by atoms with van der Waals surface area (Å²) >= 11 is 7.65. The summed E-state index contributed by atoms with van der Waals surface area (Å²) in [5, 5.41) is 10.5. The second kappa shape index (κ2) is 5.21. The summed E-state index contributed by atoms with van der Waals surface area (Å²) in [7, 11) is 0. The molecule has 7 heteroatoms. The van der Waals surface area contributed by atoms with Crippen LogP contribution < -0.4 is 5.11 Å². The molecule has 0 saturated carbocycles. The summed E-state index contributed by atoms with van der Waals surface area (Å²) in [6, 6.07) is 3.86. The van der Waals surface area contributed by atoms with Crippen molar-refractivity contribution in [3.63, 3.8) is 0 Å². The lowest BCUT2D eigenvalue weighted by atomic mass is 10.3. The highest BCUT2D eigenvalue weighted by Gasteiger charge is 2.31. The van der Waals surface area contributed by atoms with Crippen LogP contribution in [0, 0.1) is 6.92 Å². The monoisotopic (exact) mass is 298 g/mol. The number of nitrogens with zero attached hydrogens (tertiary/aromatic N) is 1. The van der Waals surface area contributed by atoms with Gasteiger partial charge in [0.15, 0.2) is 0 Å². The number of carbonyl (C=O) groups excluding carboxylic acids is 2. The van der Waals surface area contributed by atoms with Gasteiger partial charge in [0.05, 0.1) is 17.4 Å². The lowest BCUT2D eigenvalue weighted by Crippen LogP contribution is -2.40. The van der Waals surface area contributed by atoms with Crippen molar-refractivity contribution < 1.29 is 14.7 Å². The number of carboxylic acid groups (broad SMARTS) is 1. The number of thiophene rings is 1. The van der Waals surface area contributed by atoms with Crippen molar-refractivity contribution in [1.29, 1.82) is 0 Å². The smallest absolute Gasteiger partial charge is 0.266 e. The van der Waals surface area contributed by atoms with Crippen LogP contribution in [-0.4, -0.2) is 27.6 Å². The predicted molar refractivity (Wildman–Crippen MR) is 73.9 cm³/mol. The second-order valence-electron chi connectivity index (χ2n) is 3.59. The molecule has 1 aliphatic rings. The fourth-order valence-electron chi connectivity index (χ4n) is 1.43. The van der Waals surface area contributed by atoms with Crippen molar-refractivity contribution in [1.82, 2.24) is 4.90 Å². The summed E-state index contributed by atoms with van der Waals surface area (Å²) in [5.74, 6) is -1.69. The summed E-state index contributed by atoms with van der Waals surface area (Å²) in [6.45, 7) is 1.48.